The maximum Gasteiger partial charge on any atom is 3.00 e. The predicted octanol–water partition coefficient (Wildman–Crippen LogP) is 12.2. The molecule has 0 N–H and O–H groups in total. The molecule has 5 nitrogen and oxygen atoms in total. The van der Waals surface area contributed by atoms with Crippen LogP contribution in [0, 0.1) is 36.4 Å². The fourth-order valence-corrected chi connectivity index (χ4v) is 7.37. The van der Waals surface area contributed by atoms with Gasteiger partial charge in [-0.2, -0.15) is 5.26 Å². The smallest absolute Gasteiger partial charge is 0.500 e. The third kappa shape index (κ3) is 8.65. The van der Waals surface area contributed by atoms with E-state index in [9.17, 15) is 21.7 Å². The van der Waals surface area contributed by atoms with E-state index in [1.807, 2.05) is 12.1 Å². The Morgan fingerprint density at radius 2 is 1.26 bits per heavy atom. The SMILES string of the molecule is [2H]c1cc2c(oc3c(-c4ccc(C([2H])([2H])C([2H])([2H])c5cc(C([2H])([2H])C([2H])([2H])c6ccc(-c7[c-]cccc7)nc6)cc(C([2H])([2H])C([2H])([2H])c6ccc(-c7[c-]cc8c(c7)CCC8)nc6)c5)cn4)[c-]ccc32)c(C([2H])([2H])[2H])c1C#N.[Ir+3]. The molecule has 1 aliphatic rings. The van der Waals surface area contributed by atoms with E-state index in [-0.39, 0.29) is 76.2 Å². The fraction of sp³-hybridized carbons (Fsp3) is 0.179. The molecule has 10 rings (SSSR count). The summed E-state index contributed by atoms with van der Waals surface area (Å²) in [6.45, 7) is -2.83. The number of hydrogen-bond acceptors (Lipinski definition) is 5. The van der Waals surface area contributed by atoms with Gasteiger partial charge in [-0.05, 0) is 108 Å². The van der Waals surface area contributed by atoms with Gasteiger partial charge in [0.05, 0.1) is 18.6 Å². The van der Waals surface area contributed by atoms with Crippen LogP contribution in [-0.4, -0.2) is 15.0 Å². The molecule has 6 heteroatoms. The van der Waals surface area contributed by atoms with Crippen LogP contribution in [0.25, 0.3) is 55.7 Å². The molecule has 0 aliphatic heterocycles. The number of nitrogens with zero attached hydrogens (tertiary/aromatic N) is 4. The van der Waals surface area contributed by atoms with Crippen LogP contribution in [0.3, 0.4) is 0 Å². The minimum atomic E-state index is -3.21. The monoisotopic (exact) mass is 996 g/mol. The third-order valence-corrected chi connectivity index (χ3v) is 10.5. The van der Waals surface area contributed by atoms with Gasteiger partial charge >= 0.3 is 20.1 Å². The zero-order valence-electron chi connectivity index (χ0n) is 48.8. The Kier molecular flexibility index (Phi) is 7.66. The van der Waals surface area contributed by atoms with Crippen LogP contribution in [0.1, 0.15) is 84.0 Å². The summed E-state index contributed by atoms with van der Waals surface area (Å²) in [7, 11) is 0. The quantitative estimate of drug-likeness (QED) is 0.114. The number of furan rings is 1. The number of nitriles is 1. The molecule has 0 amide bonds. The standard InChI is InChI=1S/C56H43N4O.Ir/c1-37-48(33-57)24-25-50-49-11-6-12-51(56(49)61-55(37)50)54-28-21-40(36-60-54)15-18-43-30-41(16-13-38-19-26-52(58-34-38)45-7-3-2-4-8-45)29-42(31-43)17-14-39-20-27-53(59-35-39)47-23-22-44-9-5-10-46(44)32-47;/h2-4,6-7,11,19-22,24-32,34-36H,5,9-10,13-18H2,1H3;/q-3;+3/i1D3,13D2,14D2,15D2,16D2,17D2,18D2,24D;. The maximum absolute atomic E-state index is 9.79. The fourth-order valence-electron chi connectivity index (χ4n) is 7.37. The predicted molar refractivity (Wildman–Crippen MR) is 243 cm³/mol. The van der Waals surface area contributed by atoms with Crippen LogP contribution in [-0.2, 0) is 71.2 Å². The van der Waals surface area contributed by atoms with Gasteiger partial charge in [0.1, 0.15) is 5.58 Å². The first kappa shape index (κ1) is 26.1. The number of fused-ring (bicyclic) bond motifs is 4. The van der Waals surface area contributed by atoms with Gasteiger partial charge in [-0.25, -0.2) is 0 Å². The molecular weight excluding hydrogens is 937 g/mol. The Bertz CT molecular complexity index is 3800. The number of rotatable bonds is 12. The van der Waals surface area contributed by atoms with Crippen LogP contribution in [0.4, 0.5) is 0 Å². The van der Waals surface area contributed by atoms with E-state index in [0.717, 1.165) is 49.9 Å². The van der Waals surface area contributed by atoms with Gasteiger partial charge in [0, 0.05) is 50.1 Å². The molecule has 4 aromatic heterocycles. The first-order chi connectivity index (χ1) is 36.2. The Morgan fingerprint density at radius 3 is 1.85 bits per heavy atom. The van der Waals surface area contributed by atoms with E-state index >= 15 is 0 Å². The van der Waals surface area contributed by atoms with Gasteiger partial charge in [-0.3, -0.25) is 0 Å². The Labute approximate surface area is 399 Å². The van der Waals surface area contributed by atoms with Crippen LogP contribution >= 0.6 is 0 Å². The molecule has 0 spiro atoms. The minimum Gasteiger partial charge on any atom is -0.500 e. The maximum atomic E-state index is 9.79. The number of hydrogen-bond donors (Lipinski definition) is 0. The molecule has 62 heavy (non-hydrogen) atoms. The molecule has 0 fully saturated rings. The van der Waals surface area contributed by atoms with Crippen molar-refractivity contribution in [2.75, 3.05) is 0 Å². The van der Waals surface area contributed by atoms with Crippen molar-refractivity contribution in [1.29, 1.82) is 5.26 Å². The third-order valence-electron chi connectivity index (χ3n) is 10.5. The van der Waals surface area contributed by atoms with Gasteiger partial charge in [0.25, 0.3) is 0 Å². The van der Waals surface area contributed by atoms with Crippen LogP contribution in [0.15, 0.2) is 138 Å². The van der Waals surface area contributed by atoms with E-state index in [4.69, 9.17) is 9.90 Å². The van der Waals surface area contributed by atoms with E-state index in [1.165, 1.54) is 65.9 Å². The van der Waals surface area contributed by atoms with Gasteiger partial charge in [-0.1, -0.05) is 84.5 Å². The summed E-state index contributed by atoms with van der Waals surface area (Å²) in [6.07, 6.45) is -12.2. The average molecular weight is 996 g/mol. The van der Waals surface area contributed by atoms with Crippen molar-refractivity contribution in [3.63, 3.8) is 0 Å². The largest absolute Gasteiger partial charge is 3.00 e. The van der Waals surface area contributed by atoms with Crippen molar-refractivity contribution < 1.29 is 46.5 Å². The summed E-state index contributed by atoms with van der Waals surface area (Å²) in [4.78, 5) is 13.3. The van der Waals surface area contributed by atoms with E-state index in [1.54, 1.807) is 36.4 Å². The summed E-state index contributed by atoms with van der Waals surface area (Å²) in [5.74, 6) is 0. The Hall–Kier alpha value is -6.51. The van der Waals surface area contributed by atoms with Crippen molar-refractivity contribution in [2.45, 2.75) is 64.4 Å². The second-order valence-corrected chi connectivity index (χ2v) is 14.5. The second kappa shape index (κ2) is 18.2. The van der Waals surface area contributed by atoms with Gasteiger partial charge in [0.15, 0.2) is 0 Å². The molecule has 1 aliphatic carbocycles. The van der Waals surface area contributed by atoms with Crippen LogP contribution < -0.4 is 0 Å². The molecule has 0 atom stereocenters. The van der Waals surface area contributed by atoms with Crippen LogP contribution in [0.5, 0.6) is 0 Å². The summed E-state index contributed by atoms with van der Waals surface area (Å²) >= 11 is 0. The Morgan fingerprint density at radius 1 is 0.645 bits per heavy atom. The van der Waals surface area contributed by atoms with Crippen molar-refractivity contribution in [1.82, 2.24) is 15.0 Å². The zero-order valence-corrected chi connectivity index (χ0v) is 35.2. The van der Waals surface area contributed by atoms with Crippen LogP contribution in [0.2, 0.25) is 0 Å². The topological polar surface area (TPSA) is 75.6 Å². The first-order valence-corrected chi connectivity index (χ1v) is 19.6. The van der Waals surface area contributed by atoms with Crippen molar-refractivity contribution in [3.05, 3.63) is 208 Å². The van der Waals surface area contributed by atoms with E-state index in [0.29, 0.717) is 27.9 Å². The van der Waals surface area contributed by atoms with Gasteiger partial charge in [-0.15, -0.1) is 89.0 Å². The molecule has 5 aromatic carbocycles. The molecule has 0 bridgehead atoms. The number of pyridine rings is 3. The van der Waals surface area contributed by atoms with E-state index < -0.39 is 67.3 Å². The number of aromatic nitrogens is 3. The second-order valence-electron chi connectivity index (χ2n) is 14.5. The minimum absolute atomic E-state index is 0. The molecule has 302 valence electrons. The average Bonchev–Trinajstić information content (AvgIpc) is 4.10. The first-order valence-electron chi connectivity index (χ1n) is 27.6. The molecule has 0 saturated carbocycles. The molecule has 9 aromatic rings. The zero-order chi connectivity index (χ0) is 55.3. The van der Waals surface area contributed by atoms with E-state index in [2.05, 4.69) is 33.2 Å². The summed E-state index contributed by atoms with van der Waals surface area (Å²) < 4.78 is 152. The molecule has 0 unspecified atom stereocenters. The molecule has 0 saturated heterocycles. The van der Waals surface area contributed by atoms with Crippen molar-refractivity contribution in [2.24, 2.45) is 0 Å². The molecule has 4 heterocycles. The number of benzene rings is 5. The van der Waals surface area contributed by atoms with Crippen molar-refractivity contribution >= 4 is 21.9 Å². The van der Waals surface area contributed by atoms with Gasteiger partial charge in [0.2, 0.25) is 0 Å². The Balaban J connectivity index is 0.00000740. The summed E-state index contributed by atoms with van der Waals surface area (Å²) in [5.41, 5.74) is 1.29. The molecular formula is C56H43IrN4O. The van der Waals surface area contributed by atoms with Gasteiger partial charge < -0.3 is 19.4 Å². The summed E-state index contributed by atoms with van der Waals surface area (Å²) in [5, 5.41) is 10.4. The molecule has 0 radical (unpaired) electrons. The summed E-state index contributed by atoms with van der Waals surface area (Å²) in [6, 6.07) is 37.1. The normalized spacial score (nSPS) is 17.4. The number of aryl methyl sites for hydroxylation is 9. The van der Waals surface area contributed by atoms with Crippen molar-refractivity contribution in [3.8, 4) is 39.8 Å².